The molecule has 2 aromatic rings. The highest BCUT2D eigenvalue weighted by atomic mass is 32.2. The van der Waals surface area contributed by atoms with Gasteiger partial charge in [0.05, 0.1) is 16.3 Å². The molecule has 0 bridgehead atoms. The number of aliphatic carboxylic acids is 1. The number of rotatable bonds is 11. The average Bonchev–Trinajstić information content (AvgIpc) is 2.72. The Bertz CT molecular complexity index is 958. The Kier molecular flexibility index (Phi) is 8.46. The van der Waals surface area contributed by atoms with Crippen LogP contribution < -0.4 is 15.4 Å². The Morgan fingerprint density at radius 1 is 1.03 bits per heavy atom. The monoisotopic (exact) mass is 433 g/mol. The first-order valence-corrected chi connectivity index (χ1v) is 10.9. The third-order valence-corrected chi connectivity index (χ3v) is 5.82. The van der Waals surface area contributed by atoms with Gasteiger partial charge in [0.2, 0.25) is 10.0 Å². The van der Waals surface area contributed by atoms with Crippen LogP contribution in [0.5, 0.6) is 0 Å². The molecule has 0 aliphatic heterocycles. The minimum Gasteiger partial charge on any atom is -0.480 e. The van der Waals surface area contributed by atoms with E-state index in [0.717, 1.165) is 5.69 Å². The van der Waals surface area contributed by atoms with Crippen LogP contribution in [0.3, 0.4) is 0 Å². The summed E-state index contributed by atoms with van der Waals surface area (Å²) in [6.07, 6.45) is 1.32. The maximum Gasteiger partial charge on any atom is 0.320 e. The van der Waals surface area contributed by atoms with Gasteiger partial charge in [0.25, 0.3) is 0 Å². The third-order valence-electron chi connectivity index (χ3n) is 4.35. The summed E-state index contributed by atoms with van der Waals surface area (Å²) in [5.41, 5.74) is 7.70. The number of nitrogens with two attached hydrogens (primary N) is 1. The van der Waals surface area contributed by atoms with Crippen molar-refractivity contribution in [1.29, 1.82) is 0 Å². The summed E-state index contributed by atoms with van der Waals surface area (Å²) in [4.78, 5) is 12.8. The molecule has 4 N–H and O–H groups in total. The molecule has 2 rings (SSSR count). The van der Waals surface area contributed by atoms with Crippen molar-refractivity contribution in [2.75, 3.05) is 25.5 Å². The molecule has 0 aliphatic rings. The first-order valence-electron chi connectivity index (χ1n) is 9.46. The highest BCUT2D eigenvalue weighted by molar-refractivity contribution is 7.89. The van der Waals surface area contributed by atoms with Crippen LogP contribution in [0.25, 0.3) is 0 Å². The first-order chi connectivity index (χ1) is 14.2. The quantitative estimate of drug-likeness (QED) is 0.368. The molecular formula is C20H27N5O4S. The van der Waals surface area contributed by atoms with E-state index in [4.69, 9.17) is 10.8 Å². The lowest BCUT2D eigenvalue weighted by atomic mass is 10.1. The number of nitrogens with zero attached hydrogens (tertiary/aromatic N) is 3. The first kappa shape index (κ1) is 23.5. The Morgan fingerprint density at radius 3 is 2.07 bits per heavy atom. The van der Waals surface area contributed by atoms with Crippen molar-refractivity contribution < 1.29 is 18.3 Å². The van der Waals surface area contributed by atoms with Gasteiger partial charge in [-0.2, -0.15) is 10.2 Å². The van der Waals surface area contributed by atoms with Crippen LogP contribution in [-0.4, -0.2) is 46.2 Å². The van der Waals surface area contributed by atoms with Crippen molar-refractivity contribution in [3.63, 3.8) is 0 Å². The van der Waals surface area contributed by atoms with E-state index in [2.05, 4.69) is 15.0 Å². The predicted octanol–water partition coefficient (Wildman–Crippen LogP) is 3.03. The molecule has 0 aromatic heterocycles. The van der Waals surface area contributed by atoms with E-state index in [1.807, 2.05) is 43.3 Å². The highest BCUT2D eigenvalue weighted by Gasteiger charge is 2.14. The van der Waals surface area contributed by atoms with Crippen LogP contribution >= 0.6 is 0 Å². The number of benzene rings is 2. The van der Waals surface area contributed by atoms with Crippen molar-refractivity contribution in [3.05, 3.63) is 48.5 Å². The molecule has 0 radical (unpaired) electrons. The number of azo groups is 1. The highest BCUT2D eigenvalue weighted by Crippen LogP contribution is 2.22. The summed E-state index contributed by atoms with van der Waals surface area (Å²) in [6, 6.07) is 12.7. The van der Waals surface area contributed by atoms with Crippen LogP contribution in [0.2, 0.25) is 0 Å². The van der Waals surface area contributed by atoms with Crippen LogP contribution in [0.1, 0.15) is 19.3 Å². The van der Waals surface area contributed by atoms with Crippen LogP contribution in [0, 0.1) is 0 Å². The van der Waals surface area contributed by atoms with Crippen LogP contribution in [0.15, 0.2) is 63.7 Å². The molecule has 9 nitrogen and oxygen atoms in total. The maximum absolute atomic E-state index is 12.3. The van der Waals surface area contributed by atoms with Crippen molar-refractivity contribution >= 4 is 33.1 Å². The zero-order chi connectivity index (χ0) is 22.1. The number of anilines is 1. The van der Waals surface area contributed by atoms with Crippen LogP contribution in [0.4, 0.5) is 17.1 Å². The zero-order valence-corrected chi connectivity index (χ0v) is 17.8. The molecule has 0 saturated heterocycles. The number of carboxylic acid groups (broad SMARTS) is 1. The number of sulfonamides is 1. The van der Waals surface area contributed by atoms with Gasteiger partial charge in [-0.1, -0.05) is 6.42 Å². The molecule has 0 amide bonds. The molecule has 0 fully saturated rings. The minimum absolute atomic E-state index is 0.124. The lowest BCUT2D eigenvalue weighted by Gasteiger charge is -2.11. The number of hydrogen-bond acceptors (Lipinski definition) is 7. The predicted molar refractivity (Wildman–Crippen MR) is 116 cm³/mol. The summed E-state index contributed by atoms with van der Waals surface area (Å²) in [7, 11) is 0.260. The zero-order valence-electron chi connectivity index (χ0n) is 17.0. The molecule has 0 unspecified atom stereocenters. The second-order valence-corrected chi connectivity index (χ2v) is 8.71. The Labute approximate surface area is 176 Å². The summed E-state index contributed by atoms with van der Waals surface area (Å²) in [5, 5.41) is 17.0. The lowest BCUT2D eigenvalue weighted by Crippen LogP contribution is -2.30. The number of carbonyl (C=O) groups is 1. The topological polar surface area (TPSA) is 137 Å². The minimum atomic E-state index is -3.65. The summed E-state index contributed by atoms with van der Waals surface area (Å²) >= 11 is 0. The van der Waals surface area contributed by atoms with E-state index in [-0.39, 0.29) is 11.4 Å². The number of nitrogens with one attached hydrogen (secondary N) is 1. The number of unbranched alkanes of at least 4 members (excludes halogenated alkanes) is 1. The molecule has 2 aromatic carbocycles. The summed E-state index contributed by atoms with van der Waals surface area (Å²) < 4.78 is 27.1. The van der Waals surface area contributed by atoms with Gasteiger partial charge in [0.15, 0.2) is 0 Å². The van der Waals surface area contributed by atoms with E-state index < -0.39 is 22.0 Å². The fourth-order valence-electron chi connectivity index (χ4n) is 2.53. The van der Waals surface area contributed by atoms with Gasteiger partial charge in [-0.3, -0.25) is 4.79 Å². The van der Waals surface area contributed by atoms with Gasteiger partial charge in [0.1, 0.15) is 6.04 Å². The number of hydrogen-bond donors (Lipinski definition) is 3. The van der Waals surface area contributed by atoms with E-state index >= 15 is 0 Å². The Morgan fingerprint density at radius 2 is 1.57 bits per heavy atom. The van der Waals surface area contributed by atoms with Gasteiger partial charge < -0.3 is 15.7 Å². The van der Waals surface area contributed by atoms with E-state index in [9.17, 15) is 13.2 Å². The Hall–Kier alpha value is -2.82. The lowest BCUT2D eigenvalue weighted by molar-refractivity contribution is -0.138. The molecule has 0 saturated carbocycles. The van der Waals surface area contributed by atoms with Crippen LogP contribution in [-0.2, 0) is 14.8 Å². The normalized spacial score (nSPS) is 12.8. The fourth-order valence-corrected chi connectivity index (χ4v) is 3.60. The van der Waals surface area contributed by atoms with Gasteiger partial charge in [-0.25, -0.2) is 13.1 Å². The maximum atomic E-state index is 12.3. The molecule has 162 valence electrons. The molecular weight excluding hydrogens is 406 g/mol. The molecule has 1 atom stereocenters. The van der Waals surface area contributed by atoms with E-state index in [0.29, 0.717) is 30.6 Å². The molecule has 0 spiro atoms. The summed E-state index contributed by atoms with van der Waals surface area (Å²) in [5.74, 6) is -1.06. The third kappa shape index (κ3) is 7.21. The molecule has 0 heterocycles. The van der Waals surface area contributed by atoms with Gasteiger partial charge in [0, 0.05) is 26.3 Å². The van der Waals surface area contributed by atoms with Crippen molar-refractivity contribution in [1.82, 2.24) is 4.72 Å². The Balaban J connectivity index is 1.88. The van der Waals surface area contributed by atoms with E-state index in [1.165, 1.54) is 12.1 Å². The van der Waals surface area contributed by atoms with E-state index in [1.54, 1.807) is 12.1 Å². The SMILES string of the molecule is CN(C)c1ccc(N=Nc2ccc(S(=O)(=O)NCCCC[C@H](N)C(=O)O)cc2)cc1. The molecule has 30 heavy (non-hydrogen) atoms. The number of carboxylic acids is 1. The standard InChI is InChI=1S/C20H27N5O4S/c1-25(2)17-10-6-15(7-11-17)23-24-16-8-12-18(13-9-16)30(28,29)22-14-4-3-5-19(21)20(26)27/h6-13,19,22H,3-5,14,21H2,1-2H3,(H,26,27)/t19-/m0/s1. The van der Waals surface area contributed by atoms with Gasteiger partial charge in [-0.05, 0) is 61.4 Å². The largest absolute Gasteiger partial charge is 0.480 e. The van der Waals surface area contributed by atoms with Crippen molar-refractivity contribution in [3.8, 4) is 0 Å². The van der Waals surface area contributed by atoms with Gasteiger partial charge in [-0.15, -0.1) is 0 Å². The summed E-state index contributed by atoms with van der Waals surface area (Å²) in [6.45, 7) is 0.207. The van der Waals surface area contributed by atoms with Gasteiger partial charge >= 0.3 is 5.97 Å². The fraction of sp³-hybridized carbons (Fsp3) is 0.350. The second kappa shape index (κ2) is 10.8. The van der Waals surface area contributed by atoms with Crippen molar-refractivity contribution in [2.24, 2.45) is 16.0 Å². The smallest absolute Gasteiger partial charge is 0.320 e. The molecule has 0 aliphatic carbocycles. The average molecular weight is 434 g/mol. The van der Waals surface area contributed by atoms with Crippen molar-refractivity contribution in [2.45, 2.75) is 30.2 Å². The molecule has 10 heteroatoms. The second-order valence-electron chi connectivity index (χ2n) is 6.94.